The lowest BCUT2D eigenvalue weighted by atomic mass is 10.1. The number of aromatic nitrogens is 1. The number of rotatable bonds is 6. The molecule has 0 amide bonds. The van der Waals surface area contributed by atoms with E-state index in [9.17, 15) is 21.6 Å². The predicted molar refractivity (Wildman–Crippen MR) is 95.8 cm³/mol. The SMILES string of the molecule is Cc1cc(C)c(S(=O)(=O)NC(CSc2ccncc2)C(F)(F)F)c(C)c1. The molecule has 1 heterocycles. The van der Waals surface area contributed by atoms with E-state index in [1.54, 1.807) is 45.0 Å². The molecule has 0 aliphatic heterocycles. The Morgan fingerprint density at radius 2 is 1.65 bits per heavy atom. The van der Waals surface area contributed by atoms with Crippen molar-refractivity contribution in [3.8, 4) is 0 Å². The molecule has 1 N–H and O–H groups in total. The molecule has 4 nitrogen and oxygen atoms in total. The number of thioether (sulfide) groups is 1. The van der Waals surface area contributed by atoms with E-state index in [4.69, 9.17) is 0 Å². The van der Waals surface area contributed by atoms with Crippen molar-refractivity contribution in [3.63, 3.8) is 0 Å². The lowest BCUT2D eigenvalue weighted by Gasteiger charge is -2.22. The molecule has 1 unspecified atom stereocenters. The van der Waals surface area contributed by atoms with Gasteiger partial charge in [0.1, 0.15) is 6.04 Å². The smallest absolute Gasteiger partial charge is 0.265 e. The van der Waals surface area contributed by atoms with Crippen LogP contribution in [0.3, 0.4) is 0 Å². The van der Waals surface area contributed by atoms with Gasteiger partial charge in [0.25, 0.3) is 0 Å². The minimum absolute atomic E-state index is 0.105. The Hall–Kier alpha value is -1.58. The molecule has 0 radical (unpaired) electrons. The van der Waals surface area contributed by atoms with E-state index >= 15 is 0 Å². The summed E-state index contributed by atoms with van der Waals surface area (Å²) in [6.45, 7) is 4.94. The highest BCUT2D eigenvalue weighted by Gasteiger charge is 2.42. The maximum absolute atomic E-state index is 13.4. The number of aryl methyl sites for hydroxylation is 3. The van der Waals surface area contributed by atoms with Crippen LogP contribution in [0.2, 0.25) is 0 Å². The largest absolute Gasteiger partial charge is 0.405 e. The van der Waals surface area contributed by atoms with Crippen molar-refractivity contribution < 1.29 is 21.6 Å². The number of halogens is 3. The van der Waals surface area contributed by atoms with Gasteiger partial charge in [-0.15, -0.1) is 11.8 Å². The molecule has 0 bridgehead atoms. The maximum atomic E-state index is 13.4. The first kappa shape index (κ1) is 20.7. The lowest BCUT2D eigenvalue weighted by Crippen LogP contribution is -2.47. The summed E-state index contributed by atoms with van der Waals surface area (Å²) in [4.78, 5) is 4.27. The van der Waals surface area contributed by atoms with Gasteiger partial charge >= 0.3 is 6.18 Å². The second kappa shape index (κ2) is 7.98. The third-order valence-corrected chi connectivity index (χ3v) is 6.51. The Labute approximate surface area is 155 Å². The summed E-state index contributed by atoms with van der Waals surface area (Å²) in [5, 5.41) is 0. The van der Waals surface area contributed by atoms with E-state index in [2.05, 4.69) is 4.98 Å². The summed E-state index contributed by atoms with van der Waals surface area (Å²) < 4.78 is 67.2. The average Bonchev–Trinajstić information content (AvgIpc) is 2.50. The van der Waals surface area contributed by atoms with Crippen LogP contribution >= 0.6 is 11.8 Å². The van der Waals surface area contributed by atoms with Gasteiger partial charge in [0.15, 0.2) is 0 Å². The van der Waals surface area contributed by atoms with Crippen molar-refractivity contribution in [3.05, 3.63) is 53.3 Å². The molecule has 2 rings (SSSR count). The first-order valence-electron chi connectivity index (χ1n) is 7.70. The fraction of sp³-hybridized carbons (Fsp3) is 0.353. The molecule has 26 heavy (non-hydrogen) atoms. The number of sulfonamides is 1. The third-order valence-electron chi connectivity index (χ3n) is 3.63. The molecule has 1 aromatic carbocycles. The van der Waals surface area contributed by atoms with Gasteiger partial charge in [-0.1, -0.05) is 17.7 Å². The molecular formula is C17H19F3N2O2S2. The highest BCUT2D eigenvalue weighted by molar-refractivity contribution is 7.99. The van der Waals surface area contributed by atoms with Crippen LogP contribution in [0, 0.1) is 20.8 Å². The standard InChI is InChI=1S/C17H19F3N2O2S2/c1-11-8-12(2)16(13(3)9-11)26(23,24)22-15(17(18,19)20)10-25-14-4-6-21-7-5-14/h4-9,15,22H,10H2,1-3H3. The molecule has 9 heteroatoms. The number of benzene rings is 1. The summed E-state index contributed by atoms with van der Waals surface area (Å²) in [5.74, 6) is -0.475. The van der Waals surface area contributed by atoms with Gasteiger partial charge in [0.05, 0.1) is 4.90 Å². The zero-order valence-electron chi connectivity index (χ0n) is 14.5. The van der Waals surface area contributed by atoms with Crippen LogP contribution < -0.4 is 4.72 Å². The van der Waals surface area contributed by atoms with Crippen LogP contribution in [0.4, 0.5) is 13.2 Å². The highest BCUT2D eigenvalue weighted by Crippen LogP contribution is 2.29. The van der Waals surface area contributed by atoms with Crippen molar-refractivity contribution in [2.24, 2.45) is 0 Å². The zero-order valence-corrected chi connectivity index (χ0v) is 16.1. The van der Waals surface area contributed by atoms with Crippen LogP contribution in [0.25, 0.3) is 0 Å². The Kier molecular flexibility index (Phi) is 6.36. The Morgan fingerprint density at radius 1 is 1.12 bits per heavy atom. The molecule has 0 spiro atoms. The summed E-state index contributed by atoms with van der Waals surface area (Å²) in [6, 6.07) is 4.21. The van der Waals surface area contributed by atoms with Crippen LogP contribution in [0.1, 0.15) is 16.7 Å². The molecule has 2 aromatic rings. The second-order valence-electron chi connectivity index (χ2n) is 5.94. The average molecular weight is 404 g/mol. The molecule has 0 aliphatic carbocycles. The topological polar surface area (TPSA) is 59.1 Å². The predicted octanol–water partition coefficient (Wildman–Crippen LogP) is 4.01. The number of nitrogens with zero attached hydrogens (tertiary/aromatic N) is 1. The molecular weight excluding hydrogens is 385 g/mol. The van der Waals surface area contributed by atoms with Crippen LogP contribution in [0.15, 0.2) is 46.5 Å². The van der Waals surface area contributed by atoms with Crippen LogP contribution in [0.5, 0.6) is 0 Å². The first-order chi connectivity index (χ1) is 12.0. The monoisotopic (exact) mass is 404 g/mol. The van der Waals surface area contributed by atoms with E-state index in [1.807, 2.05) is 4.72 Å². The first-order valence-corrected chi connectivity index (χ1v) is 10.2. The maximum Gasteiger partial charge on any atom is 0.405 e. The summed E-state index contributed by atoms with van der Waals surface area (Å²) >= 11 is 0.915. The summed E-state index contributed by atoms with van der Waals surface area (Å²) in [6.07, 6.45) is -1.78. The lowest BCUT2D eigenvalue weighted by molar-refractivity contribution is -0.145. The minimum atomic E-state index is -4.71. The van der Waals surface area contributed by atoms with Crippen molar-refractivity contribution in [1.82, 2.24) is 9.71 Å². The Balaban J connectivity index is 2.27. The van der Waals surface area contributed by atoms with E-state index in [0.717, 1.165) is 17.3 Å². The van der Waals surface area contributed by atoms with Crippen LogP contribution in [-0.4, -0.2) is 31.4 Å². The number of alkyl halides is 3. The van der Waals surface area contributed by atoms with Gasteiger partial charge in [-0.05, 0) is 44.0 Å². The molecule has 0 fully saturated rings. The fourth-order valence-electron chi connectivity index (χ4n) is 2.65. The normalized spacial score (nSPS) is 13.6. The van der Waals surface area contributed by atoms with Crippen molar-refractivity contribution >= 4 is 21.8 Å². The Morgan fingerprint density at radius 3 is 2.15 bits per heavy atom. The van der Waals surface area contributed by atoms with Gasteiger partial charge in [-0.25, -0.2) is 8.42 Å². The third kappa shape index (κ3) is 5.21. The number of hydrogen-bond donors (Lipinski definition) is 1. The van der Waals surface area contributed by atoms with Gasteiger partial charge in [-0.3, -0.25) is 4.98 Å². The van der Waals surface area contributed by atoms with Crippen molar-refractivity contribution in [2.75, 3.05) is 5.75 Å². The van der Waals surface area contributed by atoms with Crippen molar-refractivity contribution in [2.45, 2.75) is 42.8 Å². The second-order valence-corrected chi connectivity index (χ2v) is 8.68. The molecule has 0 saturated heterocycles. The fourth-order valence-corrected chi connectivity index (χ4v) is 5.37. The molecule has 1 aromatic heterocycles. The molecule has 142 valence electrons. The Bertz CT molecular complexity index is 846. The number of hydrogen-bond acceptors (Lipinski definition) is 4. The number of nitrogens with one attached hydrogen (secondary N) is 1. The molecule has 0 saturated carbocycles. The van der Waals surface area contributed by atoms with Gasteiger partial charge in [-0.2, -0.15) is 17.9 Å². The zero-order chi connectivity index (χ0) is 19.5. The summed E-state index contributed by atoms with van der Waals surface area (Å²) in [7, 11) is -4.32. The minimum Gasteiger partial charge on any atom is -0.265 e. The van der Waals surface area contributed by atoms with E-state index in [0.29, 0.717) is 16.0 Å². The highest BCUT2D eigenvalue weighted by atomic mass is 32.2. The van der Waals surface area contributed by atoms with E-state index in [-0.39, 0.29) is 4.90 Å². The van der Waals surface area contributed by atoms with Gasteiger partial charge in [0.2, 0.25) is 10.0 Å². The van der Waals surface area contributed by atoms with Crippen molar-refractivity contribution in [1.29, 1.82) is 0 Å². The number of pyridine rings is 1. The molecule has 1 atom stereocenters. The van der Waals surface area contributed by atoms with Crippen LogP contribution in [-0.2, 0) is 10.0 Å². The van der Waals surface area contributed by atoms with Gasteiger partial charge < -0.3 is 0 Å². The van der Waals surface area contributed by atoms with Gasteiger partial charge in [0, 0.05) is 23.0 Å². The molecule has 0 aliphatic rings. The quantitative estimate of drug-likeness (QED) is 0.739. The van der Waals surface area contributed by atoms with E-state index < -0.39 is 28.0 Å². The van der Waals surface area contributed by atoms with E-state index in [1.165, 1.54) is 12.4 Å². The summed E-state index contributed by atoms with van der Waals surface area (Å²) in [5.41, 5.74) is 1.68.